The lowest BCUT2D eigenvalue weighted by atomic mass is 10.1. The van der Waals surface area contributed by atoms with Crippen LogP contribution in [0.4, 0.5) is 5.82 Å². The highest BCUT2D eigenvalue weighted by Gasteiger charge is 2.16. The Morgan fingerprint density at radius 1 is 1.15 bits per heavy atom. The predicted octanol–water partition coefficient (Wildman–Crippen LogP) is 4.41. The second-order valence-electron chi connectivity index (χ2n) is 6.06. The van der Waals surface area contributed by atoms with Crippen LogP contribution in [0.3, 0.4) is 0 Å². The molecule has 134 valence electrons. The molecule has 0 saturated carbocycles. The summed E-state index contributed by atoms with van der Waals surface area (Å²) in [6, 6.07) is 17.4. The Balaban J connectivity index is 1.63. The van der Waals surface area contributed by atoms with E-state index in [1.165, 1.54) is 5.56 Å². The molecule has 3 rings (SSSR count). The molecular weight excluding hydrogens is 394 g/mol. The monoisotopic (exact) mass is 413 g/mol. The lowest BCUT2D eigenvalue weighted by molar-refractivity contribution is -0.122. The van der Waals surface area contributed by atoms with Gasteiger partial charge in [0, 0.05) is 10.5 Å². The standard InChI is InChI=1S/C20H20BrN3O2/c1-14-3-5-16(6-4-14)13-24-19(11-12-22-24)23-20(25)15(2)26-18-9-7-17(21)8-10-18/h3-12,15H,13H2,1-2H3,(H,23,25)/t15-/m0/s1. The van der Waals surface area contributed by atoms with E-state index in [9.17, 15) is 4.79 Å². The Labute approximate surface area is 161 Å². The minimum Gasteiger partial charge on any atom is -0.481 e. The van der Waals surface area contributed by atoms with Crippen LogP contribution in [0.5, 0.6) is 5.75 Å². The smallest absolute Gasteiger partial charge is 0.266 e. The number of aromatic nitrogens is 2. The van der Waals surface area contributed by atoms with E-state index < -0.39 is 6.10 Å². The van der Waals surface area contributed by atoms with Crippen molar-refractivity contribution >= 4 is 27.7 Å². The van der Waals surface area contributed by atoms with E-state index in [1.807, 2.05) is 24.3 Å². The normalized spacial score (nSPS) is 11.8. The summed E-state index contributed by atoms with van der Waals surface area (Å²) >= 11 is 3.37. The van der Waals surface area contributed by atoms with Crippen LogP contribution in [0.25, 0.3) is 0 Å². The maximum atomic E-state index is 12.4. The molecule has 6 heteroatoms. The Kier molecular flexibility index (Phi) is 5.73. The summed E-state index contributed by atoms with van der Waals surface area (Å²) in [4.78, 5) is 12.4. The van der Waals surface area contributed by atoms with E-state index >= 15 is 0 Å². The van der Waals surface area contributed by atoms with E-state index in [1.54, 1.807) is 23.9 Å². The van der Waals surface area contributed by atoms with Crippen molar-refractivity contribution in [1.29, 1.82) is 0 Å². The Hall–Kier alpha value is -2.60. The number of carbonyl (C=O) groups excluding carboxylic acids is 1. The van der Waals surface area contributed by atoms with E-state index in [0.717, 1.165) is 10.0 Å². The van der Waals surface area contributed by atoms with Crippen molar-refractivity contribution < 1.29 is 9.53 Å². The highest BCUT2D eigenvalue weighted by molar-refractivity contribution is 9.10. The van der Waals surface area contributed by atoms with Gasteiger partial charge in [0.1, 0.15) is 11.6 Å². The summed E-state index contributed by atoms with van der Waals surface area (Å²) in [6.07, 6.45) is 1.04. The topological polar surface area (TPSA) is 56.2 Å². The average Bonchev–Trinajstić information content (AvgIpc) is 3.05. The summed E-state index contributed by atoms with van der Waals surface area (Å²) < 4.78 is 8.41. The zero-order chi connectivity index (χ0) is 18.5. The van der Waals surface area contributed by atoms with Gasteiger partial charge in [-0.3, -0.25) is 4.79 Å². The van der Waals surface area contributed by atoms with Gasteiger partial charge in [-0.1, -0.05) is 45.8 Å². The fraction of sp³-hybridized carbons (Fsp3) is 0.200. The molecule has 0 aliphatic rings. The first-order chi connectivity index (χ1) is 12.5. The Morgan fingerprint density at radius 2 is 1.85 bits per heavy atom. The lowest BCUT2D eigenvalue weighted by Crippen LogP contribution is -2.31. The molecule has 1 N–H and O–H groups in total. The highest BCUT2D eigenvalue weighted by atomic mass is 79.9. The van der Waals surface area contributed by atoms with E-state index in [0.29, 0.717) is 18.1 Å². The van der Waals surface area contributed by atoms with Crippen LogP contribution < -0.4 is 10.1 Å². The summed E-state index contributed by atoms with van der Waals surface area (Å²) in [7, 11) is 0. The molecule has 0 aliphatic carbocycles. The molecule has 1 atom stereocenters. The van der Waals surface area contributed by atoms with E-state index in [4.69, 9.17) is 4.74 Å². The summed E-state index contributed by atoms with van der Waals surface area (Å²) in [5, 5.41) is 7.18. The van der Waals surface area contributed by atoms with E-state index in [2.05, 4.69) is 57.5 Å². The van der Waals surface area contributed by atoms with Gasteiger partial charge in [0.2, 0.25) is 0 Å². The van der Waals surface area contributed by atoms with Crippen molar-refractivity contribution in [1.82, 2.24) is 9.78 Å². The van der Waals surface area contributed by atoms with Gasteiger partial charge in [0.05, 0.1) is 12.7 Å². The van der Waals surface area contributed by atoms with Crippen LogP contribution in [0.2, 0.25) is 0 Å². The number of aryl methyl sites for hydroxylation is 1. The minimum absolute atomic E-state index is 0.224. The molecule has 5 nitrogen and oxygen atoms in total. The molecule has 0 saturated heterocycles. The molecule has 1 amide bonds. The zero-order valence-electron chi connectivity index (χ0n) is 14.6. The SMILES string of the molecule is Cc1ccc(Cn2nccc2NC(=O)[C@H](C)Oc2ccc(Br)cc2)cc1. The fourth-order valence-electron chi connectivity index (χ4n) is 2.43. The first kappa shape index (κ1) is 18.2. The predicted molar refractivity (Wildman–Crippen MR) is 105 cm³/mol. The molecule has 0 bridgehead atoms. The zero-order valence-corrected chi connectivity index (χ0v) is 16.2. The van der Waals surface area contributed by atoms with Crippen LogP contribution in [-0.2, 0) is 11.3 Å². The minimum atomic E-state index is -0.626. The molecule has 1 aromatic heterocycles. The van der Waals surface area contributed by atoms with Crippen LogP contribution in [0.15, 0.2) is 65.3 Å². The third-order valence-corrected chi connectivity index (χ3v) is 4.45. The van der Waals surface area contributed by atoms with Gasteiger partial charge in [0.25, 0.3) is 5.91 Å². The van der Waals surface area contributed by atoms with E-state index in [-0.39, 0.29) is 5.91 Å². The molecule has 0 spiro atoms. The molecule has 0 unspecified atom stereocenters. The van der Waals surface area contributed by atoms with Gasteiger partial charge in [-0.25, -0.2) is 4.68 Å². The van der Waals surface area contributed by atoms with Crippen LogP contribution in [0, 0.1) is 6.92 Å². The van der Waals surface area contributed by atoms with Crippen LogP contribution in [-0.4, -0.2) is 21.8 Å². The number of hydrogen-bond donors (Lipinski definition) is 1. The highest BCUT2D eigenvalue weighted by Crippen LogP contribution is 2.18. The number of rotatable bonds is 6. The van der Waals surface area contributed by atoms with Crippen molar-refractivity contribution in [3.8, 4) is 5.75 Å². The molecule has 1 heterocycles. The number of nitrogens with zero attached hydrogens (tertiary/aromatic N) is 2. The largest absolute Gasteiger partial charge is 0.481 e. The summed E-state index contributed by atoms with van der Waals surface area (Å²) in [5.41, 5.74) is 2.33. The van der Waals surface area contributed by atoms with Gasteiger partial charge >= 0.3 is 0 Å². The Morgan fingerprint density at radius 3 is 2.54 bits per heavy atom. The first-order valence-electron chi connectivity index (χ1n) is 8.32. The van der Waals surface area contributed by atoms with Gasteiger partial charge in [-0.15, -0.1) is 0 Å². The van der Waals surface area contributed by atoms with Gasteiger partial charge in [0.15, 0.2) is 6.10 Å². The number of ether oxygens (including phenoxy) is 1. The molecule has 3 aromatic rings. The van der Waals surface area contributed by atoms with Crippen molar-refractivity contribution in [2.75, 3.05) is 5.32 Å². The van der Waals surface area contributed by atoms with Crippen LogP contribution in [0.1, 0.15) is 18.1 Å². The number of halogens is 1. The Bertz CT molecular complexity index is 873. The summed E-state index contributed by atoms with van der Waals surface area (Å²) in [6.45, 7) is 4.36. The van der Waals surface area contributed by atoms with Gasteiger partial charge in [-0.2, -0.15) is 5.10 Å². The first-order valence-corrected chi connectivity index (χ1v) is 9.11. The number of hydrogen-bond acceptors (Lipinski definition) is 3. The molecule has 26 heavy (non-hydrogen) atoms. The molecule has 0 radical (unpaired) electrons. The van der Waals surface area contributed by atoms with Crippen molar-refractivity contribution in [2.24, 2.45) is 0 Å². The number of amides is 1. The third-order valence-electron chi connectivity index (χ3n) is 3.92. The van der Waals surface area contributed by atoms with Gasteiger partial charge < -0.3 is 10.1 Å². The van der Waals surface area contributed by atoms with Crippen molar-refractivity contribution in [3.63, 3.8) is 0 Å². The quantitative estimate of drug-likeness (QED) is 0.650. The second-order valence-corrected chi connectivity index (χ2v) is 6.98. The molecular formula is C20H20BrN3O2. The maximum absolute atomic E-state index is 12.4. The molecule has 2 aromatic carbocycles. The van der Waals surface area contributed by atoms with Crippen molar-refractivity contribution in [2.45, 2.75) is 26.5 Å². The van der Waals surface area contributed by atoms with Gasteiger partial charge in [-0.05, 0) is 43.7 Å². The summed E-state index contributed by atoms with van der Waals surface area (Å²) in [5.74, 6) is 1.06. The average molecular weight is 414 g/mol. The lowest BCUT2D eigenvalue weighted by Gasteiger charge is -2.15. The fourth-order valence-corrected chi connectivity index (χ4v) is 2.69. The van der Waals surface area contributed by atoms with Crippen molar-refractivity contribution in [3.05, 3.63) is 76.4 Å². The number of nitrogens with one attached hydrogen (secondary N) is 1. The molecule has 0 fully saturated rings. The number of carbonyl (C=O) groups is 1. The van der Waals surface area contributed by atoms with Crippen LogP contribution >= 0.6 is 15.9 Å². The molecule has 0 aliphatic heterocycles. The second kappa shape index (κ2) is 8.19. The number of benzene rings is 2. The number of anilines is 1. The third kappa shape index (κ3) is 4.73. The maximum Gasteiger partial charge on any atom is 0.266 e.